The molecule has 0 rings (SSSR count). The second kappa shape index (κ2) is 39.5. The Bertz CT molecular complexity index is 567. The Morgan fingerprint density at radius 1 is 1.00 bits per heavy atom. The molecule has 0 heterocycles. The van der Waals surface area contributed by atoms with Crippen molar-refractivity contribution in [1.29, 1.82) is 10.5 Å². The summed E-state index contributed by atoms with van der Waals surface area (Å²) in [5, 5.41) is 26.6. The summed E-state index contributed by atoms with van der Waals surface area (Å²) in [6.45, 7) is 16.8. The van der Waals surface area contributed by atoms with Gasteiger partial charge in [0, 0.05) is 26.2 Å². The first-order chi connectivity index (χ1) is 13.4. The first kappa shape index (κ1) is 36.3. The maximum absolute atomic E-state index is 11.1. The predicted molar refractivity (Wildman–Crippen MR) is 122 cm³/mol. The monoisotopic (exact) mass is 405 g/mol. The summed E-state index contributed by atoms with van der Waals surface area (Å²) < 4.78 is 5.74. The topological polar surface area (TPSA) is 117 Å². The van der Waals surface area contributed by atoms with Crippen molar-refractivity contribution >= 4 is 11.9 Å². The van der Waals surface area contributed by atoms with E-state index < -0.39 is 12.4 Å². The van der Waals surface area contributed by atoms with Crippen LogP contribution in [0.3, 0.4) is 0 Å². The van der Waals surface area contributed by atoms with Gasteiger partial charge in [-0.15, -0.1) is 39.1 Å². The zero-order valence-electron chi connectivity index (χ0n) is 16.6. The third-order valence-corrected chi connectivity index (χ3v) is 2.09. The fourth-order valence-electron chi connectivity index (χ4n) is 1.12. The lowest BCUT2D eigenvalue weighted by atomic mass is 10.3. The van der Waals surface area contributed by atoms with E-state index in [2.05, 4.69) is 38.1 Å². The van der Waals surface area contributed by atoms with Crippen molar-refractivity contribution in [1.82, 2.24) is 10.2 Å². The number of nitriles is 2. The van der Waals surface area contributed by atoms with Crippen LogP contribution in [0.5, 0.6) is 0 Å². The molecule has 0 saturated carbocycles. The zero-order valence-corrected chi connectivity index (χ0v) is 15.6. The number of carbonyl (C=O) groups excluding carboxylic acids is 1. The average Bonchev–Trinajstić information content (AvgIpc) is 2.64. The molecule has 0 spiro atoms. The van der Waals surface area contributed by atoms with Crippen LogP contribution in [0.15, 0.2) is 50.6 Å². The van der Waals surface area contributed by atoms with Crippen molar-refractivity contribution in [3.8, 4) is 25.0 Å². The van der Waals surface area contributed by atoms with E-state index in [4.69, 9.17) is 17.0 Å². The molecule has 29 heavy (non-hydrogen) atoms. The number of carbonyl (C=O) groups is 2. The van der Waals surface area contributed by atoms with E-state index >= 15 is 0 Å². The van der Waals surface area contributed by atoms with Gasteiger partial charge < -0.3 is 15.3 Å². The number of hydrogen-bond donors (Lipinski definition) is 2. The molecule has 0 atom stereocenters. The third kappa shape index (κ3) is 45.5. The number of aliphatic carboxylic acids is 1. The number of terminal acetylenes is 1. The standard InChI is InChI=1S/C9H12N2O.C6H11N.C3H3NO2.C2H2.2CH4/c1-3-7-11(8-4-2)9(12)5-6-10;1-3-5-7-6-4-2;4-2-1-3(5)6;1-2;;/h3-4H,1-2,5,7-8H2;3-4,7H,1-2,5-6H2;1H2,(H,5,6);1-2H;2*1H4/i;;;1D;;. The van der Waals surface area contributed by atoms with Gasteiger partial charge in [0.1, 0.15) is 14.2 Å². The van der Waals surface area contributed by atoms with Crippen molar-refractivity contribution in [2.45, 2.75) is 27.7 Å². The minimum atomic E-state index is -1.07. The van der Waals surface area contributed by atoms with Crippen molar-refractivity contribution in [3.05, 3.63) is 50.6 Å². The molecule has 1 amide bonds. The lowest BCUT2D eigenvalue weighted by molar-refractivity contribution is -0.135. The van der Waals surface area contributed by atoms with Gasteiger partial charge in [0.15, 0.2) is 0 Å². The first-order valence-electron chi connectivity index (χ1n) is 8.11. The molecule has 0 aromatic rings. The fraction of sp³-hybridized carbons (Fsp3) is 0.364. The first-order valence-corrected chi connectivity index (χ1v) is 7.61. The summed E-state index contributed by atoms with van der Waals surface area (Å²) in [5.74, 6) is -1.25. The quantitative estimate of drug-likeness (QED) is 0.326. The number of hydrogen-bond acceptors (Lipinski definition) is 5. The smallest absolute Gasteiger partial charge is 0.317 e. The van der Waals surface area contributed by atoms with Gasteiger partial charge >= 0.3 is 5.97 Å². The van der Waals surface area contributed by atoms with Crippen molar-refractivity contribution in [2.75, 3.05) is 26.2 Å². The van der Waals surface area contributed by atoms with Crippen LogP contribution in [0.2, 0.25) is 0 Å². The van der Waals surface area contributed by atoms with Gasteiger partial charge in [0.2, 0.25) is 5.91 Å². The molecule has 2 N–H and O–H groups in total. The molecular formula is C22H36N4O3. The maximum atomic E-state index is 11.1. The number of carboxylic acids is 1. The number of rotatable bonds is 10. The van der Waals surface area contributed by atoms with Gasteiger partial charge in [-0.25, -0.2) is 0 Å². The highest BCUT2D eigenvalue weighted by atomic mass is 16.4. The van der Waals surface area contributed by atoms with Crippen molar-refractivity contribution in [3.63, 3.8) is 0 Å². The number of nitrogens with zero attached hydrogens (tertiary/aromatic N) is 3. The second-order valence-electron chi connectivity index (χ2n) is 4.18. The molecule has 0 radical (unpaired) electrons. The summed E-state index contributed by atoms with van der Waals surface area (Å²) in [5.41, 5.74) is 0. The van der Waals surface area contributed by atoms with E-state index in [1.54, 1.807) is 18.2 Å². The molecular weight excluding hydrogens is 368 g/mol. The van der Waals surface area contributed by atoms with E-state index in [1.165, 1.54) is 17.4 Å². The molecule has 0 aromatic carbocycles. The fourth-order valence-corrected chi connectivity index (χ4v) is 1.12. The van der Waals surface area contributed by atoms with Gasteiger partial charge in [-0.1, -0.05) is 39.2 Å². The lowest BCUT2D eigenvalue weighted by Crippen LogP contribution is -2.30. The minimum Gasteiger partial charge on any atom is -0.480 e. The molecule has 0 bridgehead atoms. The molecule has 0 aromatic heterocycles. The maximum Gasteiger partial charge on any atom is 0.317 e. The van der Waals surface area contributed by atoms with Crippen LogP contribution in [0, 0.1) is 35.5 Å². The van der Waals surface area contributed by atoms with Gasteiger partial charge in [0.05, 0.1) is 12.1 Å². The number of nitrogens with one attached hydrogen (secondary N) is 1. The third-order valence-electron chi connectivity index (χ3n) is 2.09. The van der Waals surface area contributed by atoms with Crippen LogP contribution in [0.4, 0.5) is 0 Å². The Hall–Kier alpha value is -3.60. The average molecular weight is 406 g/mol. The van der Waals surface area contributed by atoms with E-state index in [9.17, 15) is 9.59 Å². The zero-order chi connectivity index (χ0) is 22.6. The van der Waals surface area contributed by atoms with Crippen LogP contribution < -0.4 is 5.32 Å². The molecule has 7 nitrogen and oxygen atoms in total. The van der Waals surface area contributed by atoms with Crippen LogP contribution in [0.25, 0.3) is 0 Å². The van der Waals surface area contributed by atoms with Crippen LogP contribution >= 0.6 is 0 Å². The van der Waals surface area contributed by atoms with E-state index in [0.29, 0.717) is 13.1 Å². The van der Waals surface area contributed by atoms with Crippen LogP contribution in [-0.4, -0.2) is 48.1 Å². The normalized spacial score (nSPS) is 7.00. The van der Waals surface area contributed by atoms with Gasteiger partial charge in [0.25, 0.3) is 0 Å². The Balaban J connectivity index is -0.0000000693. The molecule has 7 heteroatoms. The SMILES string of the molecule is C.C.C=CCN(CC=C)C(=O)CC#N.C=CCNCC=C.N#CCC(=O)O.[2H]C#C. The van der Waals surface area contributed by atoms with Crippen LogP contribution in [0.1, 0.15) is 29.1 Å². The van der Waals surface area contributed by atoms with Crippen molar-refractivity contribution < 1.29 is 16.1 Å². The molecule has 0 aliphatic rings. The van der Waals surface area contributed by atoms with Crippen LogP contribution in [-0.2, 0) is 9.59 Å². The summed E-state index contributed by atoms with van der Waals surface area (Å²) in [4.78, 5) is 22.0. The van der Waals surface area contributed by atoms with Gasteiger partial charge in [-0.05, 0) is 0 Å². The largest absolute Gasteiger partial charge is 0.480 e. The molecule has 0 unspecified atom stereocenters. The predicted octanol–water partition coefficient (Wildman–Crippen LogP) is 3.55. The van der Waals surface area contributed by atoms with Gasteiger partial charge in [-0.2, -0.15) is 10.5 Å². The van der Waals surface area contributed by atoms with Crippen molar-refractivity contribution in [2.24, 2.45) is 0 Å². The summed E-state index contributed by atoms with van der Waals surface area (Å²) in [7, 11) is 0. The van der Waals surface area contributed by atoms with Gasteiger partial charge in [-0.3, -0.25) is 9.59 Å². The second-order valence-corrected chi connectivity index (χ2v) is 4.18. The molecule has 0 aliphatic carbocycles. The highest BCUT2D eigenvalue weighted by Crippen LogP contribution is 1.93. The molecule has 162 valence electrons. The molecule has 0 saturated heterocycles. The Kier molecular flexibility index (Phi) is 49.4. The lowest BCUT2D eigenvalue weighted by Gasteiger charge is -2.17. The van der Waals surface area contributed by atoms with E-state index in [-0.39, 0.29) is 27.2 Å². The van der Waals surface area contributed by atoms with E-state index in [0.717, 1.165) is 13.1 Å². The summed E-state index contributed by atoms with van der Waals surface area (Å²) in [6.07, 6.45) is 12.2. The minimum absolute atomic E-state index is 0. The molecule has 0 aliphatic heterocycles. The Labute approximate surface area is 178 Å². The highest BCUT2D eigenvalue weighted by Gasteiger charge is 2.08. The summed E-state index contributed by atoms with van der Waals surface area (Å²) >= 11 is 0. The number of amides is 1. The summed E-state index contributed by atoms with van der Waals surface area (Å²) in [6, 6.07) is 3.27. The Morgan fingerprint density at radius 3 is 1.59 bits per heavy atom. The number of carboxylic acid groups (broad SMARTS) is 1. The Morgan fingerprint density at radius 2 is 1.38 bits per heavy atom. The molecule has 0 fully saturated rings. The van der Waals surface area contributed by atoms with E-state index in [1.807, 2.05) is 12.2 Å². The highest BCUT2D eigenvalue weighted by molar-refractivity contribution is 5.78.